The minimum absolute atomic E-state index is 0.0292. The fourth-order valence-electron chi connectivity index (χ4n) is 2.70. The molecular weight excluding hydrogens is 252 g/mol. The van der Waals surface area contributed by atoms with Crippen molar-refractivity contribution in [1.29, 1.82) is 0 Å². The number of ketones is 1. The van der Waals surface area contributed by atoms with Gasteiger partial charge in [0.2, 0.25) is 5.91 Å². The van der Waals surface area contributed by atoms with Crippen molar-refractivity contribution in [2.75, 3.05) is 18.4 Å². The van der Waals surface area contributed by atoms with Gasteiger partial charge in [0, 0.05) is 17.8 Å². The van der Waals surface area contributed by atoms with Crippen molar-refractivity contribution < 1.29 is 9.59 Å². The molecule has 0 aromatic heterocycles. The standard InChI is InChI=1S/C16H22N2O2/c1-11(2)16(8-9-17-10-16)15(20)18-14-6-4-13(5-7-14)12(3)19/h4-7,11,17H,8-10H2,1-3H3,(H,18,20). The lowest BCUT2D eigenvalue weighted by molar-refractivity contribution is -0.126. The molecule has 0 spiro atoms. The van der Waals surface area contributed by atoms with Crippen molar-refractivity contribution in [1.82, 2.24) is 5.32 Å². The predicted molar refractivity (Wildman–Crippen MR) is 79.8 cm³/mol. The molecule has 1 heterocycles. The molecule has 1 unspecified atom stereocenters. The average Bonchev–Trinajstić information content (AvgIpc) is 2.90. The minimum atomic E-state index is -0.334. The first-order chi connectivity index (χ1) is 9.45. The summed E-state index contributed by atoms with van der Waals surface area (Å²) in [5.74, 6) is 0.378. The summed E-state index contributed by atoms with van der Waals surface area (Å²) in [7, 11) is 0. The second-order valence-corrected chi connectivity index (χ2v) is 5.83. The number of amides is 1. The van der Waals surface area contributed by atoms with Gasteiger partial charge in [-0.15, -0.1) is 0 Å². The number of carbonyl (C=O) groups excluding carboxylic acids is 2. The predicted octanol–water partition coefficient (Wildman–Crippen LogP) is 2.46. The van der Waals surface area contributed by atoms with Crippen LogP contribution in [0.1, 0.15) is 37.6 Å². The van der Waals surface area contributed by atoms with Gasteiger partial charge in [0.05, 0.1) is 5.41 Å². The zero-order valence-electron chi connectivity index (χ0n) is 12.3. The molecule has 2 rings (SSSR count). The maximum absolute atomic E-state index is 12.6. The molecule has 1 aliphatic rings. The van der Waals surface area contributed by atoms with Crippen LogP contribution in [0.25, 0.3) is 0 Å². The summed E-state index contributed by atoms with van der Waals surface area (Å²) in [5.41, 5.74) is 1.07. The summed E-state index contributed by atoms with van der Waals surface area (Å²) >= 11 is 0. The Morgan fingerprint density at radius 2 is 1.90 bits per heavy atom. The second kappa shape index (κ2) is 5.75. The van der Waals surface area contributed by atoms with E-state index in [1.165, 1.54) is 6.92 Å². The molecule has 1 saturated heterocycles. The van der Waals surface area contributed by atoms with Gasteiger partial charge in [-0.1, -0.05) is 13.8 Å². The molecule has 1 aromatic carbocycles. The van der Waals surface area contributed by atoms with E-state index in [2.05, 4.69) is 24.5 Å². The highest BCUT2D eigenvalue weighted by atomic mass is 16.2. The van der Waals surface area contributed by atoms with Gasteiger partial charge in [-0.3, -0.25) is 9.59 Å². The van der Waals surface area contributed by atoms with Crippen molar-refractivity contribution in [3.63, 3.8) is 0 Å². The quantitative estimate of drug-likeness (QED) is 0.829. The first-order valence-corrected chi connectivity index (χ1v) is 7.09. The van der Waals surface area contributed by atoms with Crippen LogP contribution in [0, 0.1) is 11.3 Å². The molecule has 1 amide bonds. The third kappa shape index (κ3) is 2.75. The summed E-state index contributed by atoms with van der Waals surface area (Å²) in [4.78, 5) is 23.8. The van der Waals surface area contributed by atoms with E-state index in [-0.39, 0.29) is 23.0 Å². The van der Waals surface area contributed by atoms with Crippen LogP contribution in [-0.4, -0.2) is 24.8 Å². The van der Waals surface area contributed by atoms with Gasteiger partial charge in [0.25, 0.3) is 0 Å². The summed E-state index contributed by atoms with van der Waals surface area (Å²) in [6, 6.07) is 7.05. The Morgan fingerprint density at radius 3 is 2.35 bits per heavy atom. The van der Waals surface area contributed by atoms with E-state index in [0.29, 0.717) is 5.56 Å². The lowest BCUT2D eigenvalue weighted by Gasteiger charge is -2.31. The topological polar surface area (TPSA) is 58.2 Å². The fourth-order valence-corrected chi connectivity index (χ4v) is 2.70. The molecular formula is C16H22N2O2. The van der Waals surface area contributed by atoms with E-state index in [1.54, 1.807) is 24.3 Å². The van der Waals surface area contributed by atoms with Crippen LogP contribution >= 0.6 is 0 Å². The highest BCUT2D eigenvalue weighted by molar-refractivity contribution is 5.97. The largest absolute Gasteiger partial charge is 0.326 e. The van der Waals surface area contributed by atoms with E-state index in [9.17, 15) is 9.59 Å². The Kier molecular flexibility index (Phi) is 4.23. The van der Waals surface area contributed by atoms with Crippen LogP contribution in [0.15, 0.2) is 24.3 Å². The molecule has 1 aromatic rings. The van der Waals surface area contributed by atoms with E-state index in [1.807, 2.05) is 0 Å². The van der Waals surface area contributed by atoms with Crippen molar-refractivity contribution in [2.45, 2.75) is 27.2 Å². The number of hydrogen-bond donors (Lipinski definition) is 2. The molecule has 4 nitrogen and oxygen atoms in total. The number of benzene rings is 1. The third-order valence-electron chi connectivity index (χ3n) is 4.30. The Morgan fingerprint density at radius 1 is 1.25 bits per heavy atom. The van der Waals surface area contributed by atoms with Gasteiger partial charge in [-0.25, -0.2) is 0 Å². The lowest BCUT2D eigenvalue weighted by atomic mass is 9.75. The smallest absolute Gasteiger partial charge is 0.232 e. The van der Waals surface area contributed by atoms with Crippen LogP contribution in [0.5, 0.6) is 0 Å². The van der Waals surface area contributed by atoms with Gasteiger partial charge < -0.3 is 10.6 Å². The van der Waals surface area contributed by atoms with Crippen LogP contribution in [0.4, 0.5) is 5.69 Å². The number of carbonyl (C=O) groups is 2. The minimum Gasteiger partial charge on any atom is -0.326 e. The summed E-state index contributed by atoms with van der Waals surface area (Å²) in [6.45, 7) is 7.32. The fraction of sp³-hybridized carbons (Fsp3) is 0.500. The summed E-state index contributed by atoms with van der Waals surface area (Å²) in [6.07, 6.45) is 0.863. The molecule has 0 bridgehead atoms. The van der Waals surface area contributed by atoms with Gasteiger partial charge in [-0.05, 0) is 50.1 Å². The molecule has 2 N–H and O–H groups in total. The van der Waals surface area contributed by atoms with E-state index in [0.717, 1.165) is 25.2 Å². The van der Waals surface area contributed by atoms with Crippen LogP contribution < -0.4 is 10.6 Å². The summed E-state index contributed by atoms with van der Waals surface area (Å²) in [5, 5.41) is 6.26. The van der Waals surface area contributed by atoms with Crippen LogP contribution in [0.2, 0.25) is 0 Å². The zero-order valence-corrected chi connectivity index (χ0v) is 12.3. The second-order valence-electron chi connectivity index (χ2n) is 5.83. The van der Waals surface area contributed by atoms with Crippen LogP contribution in [-0.2, 0) is 4.79 Å². The monoisotopic (exact) mass is 274 g/mol. The maximum Gasteiger partial charge on any atom is 0.232 e. The molecule has 0 saturated carbocycles. The van der Waals surface area contributed by atoms with Crippen molar-refractivity contribution in [2.24, 2.45) is 11.3 Å². The molecule has 4 heteroatoms. The Bertz CT molecular complexity index is 500. The van der Waals surface area contributed by atoms with Crippen molar-refractivity contribution in [3.05, 3.63) is 29.8 Å². The van der Waals surface area contributed by atoms with Crippen molar-refractivity contribution in [3.8, 4) is 0 Å². The molecule has 1 fully saturated rings. The molecule has 1 atom stereocenters. The zero-order chi connectivity index (χ0) is 14.8. The number of rotatable bonds is 4. The third-order valence-corrected chi connectivity index (χ3v) is 4.30. The molecule has 0 radical (unpaired) electrons. The number of nitrogens with one attached hydrogen (secondary N) is 2. The van der Waals surface area contributed by atoms with Crippen LogP contribution in [0.3, 0.4) is 0 Å². The van der Waals surface area contributed by atoms with E-state index in [4.69, 9.17) is 0 Å². The Labute approximate surface area is 119 Å². The molecule has 0 aliphatic carbocycles. The molecule has 20 heavy (non-hydrogen) atoms. The Balaban J connectivity index is 2.12. The van der Waals surface area contributed by atoms with E-state index >= 15 is 0 Å². The average molecular weight is 274 g/mol. The lowest BCUT2D eigenvalue weighted by Crippen LogP contribution is -2.42. The maximum atomic E-state index is 12.6. The first-order valence-electron chi connectivity index (χ1n) is 7.09. The van der Waals surface area contributed by atoms with Gasteiger partial charge in [-0.2, -0.15) is 0 Å². The highest BCUT2D eigenvalue weighted by Crippen LogP contribution is 2.35. The highest BCUT2D eigenvalue weighted by Gasteiger charge is 2.43. The van der Waals surface area contributed by atoms with Gasteiger partial charge >= 0.3 is 0 Å². The van der Waals surface area contributed by atoms with Crippen molar-refractivity contribution >= 4 is 17.4 Å². The number of Topliss-reactive ketones (excluding diaryl/α,β-unsaturated/α-hetero) is 1. The molecule has 1 aliphatic heterocycles. The normalized spacial score (nSPS) is 22.0. The number of anilines is 1. The first kappa shape index (κ1) is 14.7. The van der Waals surface area contributed by atoms with E-state index < -0.39 is 0 Å². The van der Waals surface area contributed by atoms with Gasteiger partial charge in [0.1, 0.15) is 0 Å². The molecule has 108 valence electrons. The Hall–Kier alpha value is -1.68. The summed E-state index contributed by atoms with van der Waals surface area (Å²) < 4.78 is 0. The number of hydrogen-bond acceptors (Lipinski definition) is 3. The SMILES string of the molecule is CC(=O)c1ccc(NC(=O)C2(C(C)C)CCNC2)cc1. The van der Waals surface area contributed by atoms with Gasteiger partial charge in [0.15, 0.2) is 5.78 Å².